The van der Waals surface area contributed by atoms with Gasteiger partial charge in [-0.3, -0.25) is 14.5 Å². The number of likely N-dealkylation sites (N-methyl/N-ethyl adjacent to an activating group) is 1. The van der Waals surface area contributed by atoms with Crippen molar-refractivity contribution in [2.75, 3.05) is 66.6 Å². The molecule has 2 heterocycles. The number of ether oxygens (including phenoxy) is 1. The molecule has 0 amide bonds. The van der Waals surface area contributed by atoms with Crippen LogP contribution < -0.4 is 0 Å². The summed E-state index contributed by atoms with van der Waals surface area (Å²) in [6, 6.07) is 4.20. The molecule has 2 aliphatic heterocycles. The number of carbonyl (C=O) groups is 2. The van der Waals surface area contributed by atoms with Gasteiger partial charge in [-0.15, -0.1) is 0 Å². The van der Waals surface area contributed by atoms with Crippen molar-refractivity contribution in [1.29, 1.82) is 0 Å². The Bertz CT molecular complexity index is 674. The average Bonchev–Trinajstić information content (AvgIpc) is 2.99. The number of rotatable bonds is 5. The number of carboxylic acid groups (broad SMARTS) is 2. The Hall–Kier alpha value is -2.14. The van der Waals surface area contributed by atoms with E-state index < -0.39 is 11.6 Å². The highest BCUT2D eigenvalue weighted by Crippen LogP contribution is 2.33. The van der Waals surface area contributed by atoms with Gasteiger partial charge in [0.1, 0.15) is 0 Å². The number of benzene rings is 1. The van der Waals surface area contributed by atoms with E-state index in [0.717, 1.165) is 57.9 Å². The Morgan fingerprint density at radius 2 is 1.74 bits per heavy atom. The topological polar surface area (TPSA) is 93.5 Å². The van der Waals surface area contributed by atoms with Crippen molar-refractivity contribution in [3.8, 4) is 0 Å². The van der Waals surface area contributed by atoms with Gasteiger partial charge in [-0.25, -0.2) is 8.78 Å². The van der Waals surface area contributed by atoms with Gasteiger partial charge in [0.25, 0.3) is 12.9 Å². The fourth-order valence-electron chi connectivity index (χ4n) is 3.92. The first-order chi connectivity index (χ1) is 14.8. The van der Waals surface area contributed by atoms with E-state index in [0.29, 0.717) is 13.2 Å². The molecule has 176 valence electrons. The van der Waals surface area contributed by atoms with Gasteiger partial charge in [-0.1, -0.05) is 6.07 Å². The predicted molar refractivity (Wildman–Crippen MR) is 112 cm³/mol. The molecule has 1 spiro atoms. The van der Waals surface area contributed by atoms with Crippen molar-refractivity contribution in [3.05, 3.63) is 35.4 Å². The maximum atomic E-state index is 13.5. The van der Waals surface area contributed by atoms with Crippen LogP contribution in [0.3, 0.4) is 0 Å². The number of hydrogen-bond donors (Lipinski definition) is 2. The van der Waals surface area contributed by atoms with Gasteiger partial charge in [0.2, 0.25) is 0 Å². The molecule has 0 aliphatic carbocycles. The highest BCUT2D eigenvalue weighted by molar-refractivity contribution is 5.33. The van der Waals surface area contributed by atoms with Gasteiger partial charge >= 0.3 is 0 Å². The summed E-state index contributed by atoms with van der Waals surface area (Å²) in [7, 11) is 4.20. The van der Waals surface area contributed by atoms with E-state index in [9.17, 15) is 8.78 Å². The van der Waals surface area contributed by atoms with Gasteiger partial charge in [-0.2, -0.15) is 0 Å². The number of hydrogen-bond acceptors (Lipinski definition) is 6. The van der Waals surface area contributed by atoms with E-state index in [2.05, 4.69) is 28.8 Å². The Kier molecular flexibility index (Phi) is 12.2. The zero-order valence-corrected chi connectivity index (χ0v) is 18.2. The molecule has 3 rings (SSSR count). The monoisotopic (exact) mass is 445 g/mol. The summed E-state index contributed by atoms with van der Waals surface area (Å²) < 4.78 is 32.5. The van der Waals surface area contributed by atoms with Gasteiger partial charge in [0.05, 0.1) is 13.2 Å². The fourth-order valence-corrected chi connectivity index (χ4v) is 3.92. The molecule has 1 atom stereocenters. The zero-order valence-electron chi connectivity index (χ0n) is 18.2. The van der Waals surface area contributed by atoms with Crippen LogP contribution in [0, 0.1) is 17.0 Å². The minimum Gasteiger partial charge on any atom is -0.483 e. The molecule has 2 aliphatic rings. The summed E-state index contributed by atoms with van der Waals surface area (Å²) in [4.78, 5) is 23.8. The van der Waals surface area contributed by atoms with Crippen molar-refractivity contribution in [3.63, 3.8) is 0 Å². The molecule has 8 nitrogen and oxygen atoms in total. The second-order valence-corrected chi connectivity index (χ2v) is 8.05. The minimum absolute atomic E-state index is 0.154. The van der Waals surface area contributed by atoms with Crippen molar-refractivity contribution < 1.29 is 33.3 Å². The molecular formula is C21H33F2N3O5. The summed E-state index contributed by atoms with van der Waals surface area (Å²) in [5.41, 5.74) is 0.972. The van der Waals surface area contributed by atoms with Crippen molar-refractivity contribution >= 4 is 12.9 Å². The lowest BCUT2D eigenvalue weighted by Gasteiger charge is -2.32. The highest BCUT2D eigenvalue weighted by Gasteiger charge is 2.40. The van der Waals surface area contributed by atoms with Gasteiger partial charge < -0.3 is 24.7 Å². The molecular weight excluding hydrogens is 412 g/mol. The molecule has 1 aromatic rings. The molecule has 2 N–H and O–H groups in total. The normalized spacial score (nSPS) is 21.6. The van der Waals surface area contributed by atoms with Crippen molar-refractivity contribution in [2.24, 2.45) is 5.41 Å². The second-order valence-electron chi connectivity index (χ2n) is 8.05. The molecule has 0 bridgehead atoms. The Balaban J connectivity index is 0.000000720. The number of halogens is 2. The molecule has 31 heavy (non-hydrogen) atoms. The van der Waals surface area contributed by atoms with Crippen LogP contribution in [0.15, 0.2) is 18.2 Å². The maximum Gasteiger partial charge on any atom is 0.290 e. The quantitative estimate of drug-likeness (QED) is 0.658. The smallest absolute Gasteiger partial charge is 0.290 e. The summed E-state index contributed by atoms with van der Waals surface area (Å²) in [6.45, 7) is 7.71. The van der Waals surface area contributed by atoms with Crippen LogP contribution in [0.2, 0.25) is 0 Å². The molecule has 0 radical (unpaired) electrons. The summed E-state index contributed by atoms with van der Waals surface area (Å²) in [5, 5.41) is 13.8. The van der Waals surface area contributed by atoms with Gasteiger partial charge in [-0.05, 0) is 44.8 Å². The van der Waals surface area contributed by atoms with E-state index >= 15 is 0 Å². The van der Waals surface area contributed by atoms with E-state index in [-0.39, 0.29) is 18.4 Å². The van der Waals surface area contributed by atoms with E-state index in [1.807, 2.05) is 0 Å². The van der Waals surface area contributed by atoms with Crippen LogP contribution in [0.1, 0.15) is 12.0 Å². The minimum atomic E-state index is -0.785. The van der Waals surface area contributed by atoms with Gasteiger partial charge in [0, 0.05) is 44.7 Å². The van der Waals surface area contributed by atoms with E-state index in [1.54, 1.807) is 6.07 Å². The zero-order chi connectivity index (χ0) is 23.3. The predicted octanol–water partition coefficient (Wildman–Crippen LogP) is 1.45. The molecule has 1 aromatic carbocycles. The largest absolute Gasteiger partial charge is 0.483 e. The Morgan fingerprint density at radius 1 is 1.10 bits per heavy atom. The van der Waals surface area contributed by atoms with Crippen LogP contribution in [-0.2, 0) is 20.9 Å². The van der Waals surface area contributed by atoms with Crippen LogP contribution in [-0.4, -0.2) is 104 Å². The van der Waals surface area contributed by atoms with Crippen LogP contribution in [0.25, 0.3) is 0 Å². The van der Waals surface area contributed by atoms with Gasteiger partial charge in [0.15, 0.2) is 11.6 Å². The number of nitrogens with zero attached hydrogens (tertiary/aromatic N) is 3. The van der Waals surface area contributed by atoms with Crippen LogP contribution in [0.5, 0.6) is 0 Å². The lowest BCUT2D eigenvalue weighted by atomic mass is 9.87. The lowest BCUT2D eigenvalue weighted by molar-refractivity contribution is -0.123. The van der Waals surface area contributed by atoms with Crippen molar-refractivity contribution in [1.82, 2.24) is 14.7 Å². The molecule has 2 fully saturated rings. The molecule has 10 heteroatoms. The fraction of sp³-hybridized carbons (Fsp3) is 0.619. The Morgan fingerprint density at radius 3 is 2.35 bits per heavy atom. The number of likely N-dealkylation sites (tertiary alicyclic amines) is 1. The third-order valence-corrected chi connectivity index (χ3v) is 5.29. The first-order valence-electron chi connectivity index (χ1n) is 10.1. The van der Waals surface area contributed by atoms with Crippen LogP contribution >= 0.6 is 0 Å². The molecule has 1 unspecified atom stereocenters. The average molecular weight is 446 g/mol. The summed E-state index contributed by atoms with van der Waals surface area (Å²) in [5.74, 6) is -1.55. The standard InChI is InChI=1S/C19H29F2N3O.2CH2O2/c1-22(2)7-8-23-6-5-19(13-23)14-24(9-10-25-15-19)12-16-3-4-17(20)18(21)11-16;2*2-1-3/h3-4,11H,5-10,12-15H2,1-2H3;2*1H,(H,2,3). The SMILES string of the molecule is CN(C)CCN1CCC2(COCCN(Cc3ccc(F)c(F)c3)C2)C1.O=CO.O=CO. The maximum absolute atomic E-state index is 13.5. The molecule has 0 saturated carbocycles. The first-order valence-corrected chi connectivity index (χ1v) is 10.1. The summed E-state index contributed by atoms with van der Waals surface area (Å²) in [6.07, 6.45) is 1.13. The van der Waals surface area contributed by atoms with Crippen molar-refractivity contribution in [2.45, 2.75) is 13.0 Å². The van der Waals surface area contributed by atoms with E-state index in [1.165, 1.54) is 12.1 Å². The third kappa shape index (κ3) is 9.69. The third-order valence-electron chi connectivity index (χ3n) is 5.29. The molecule has 2 saturated heterocycles. The lowest BCUT2D eigenvalue weighted by Crippen LogP contribution is -2.41. The van der Waals surface area contributed by atoms with E-state index in [4.69, 9.17) is 24.5 Å². The second kappa shape index (κ2) is 14.0. The Labute approximate surface area is 182 Å². The molecule has 0 aromatic heterocycles. The van der Waals surface area contributed by atoms with Crippen LogP contribution in [0.4, 0.5) is 8.78 Å². The summed E-state index contributed by atoms with van der Waals surface area (Å²) >= 11 is 0. The highest BCUT2D eigenvalue weighted by atomic mass is 19.2. The first kappa shape index (κ1) is 26.9.